The zero-order valence-electron chi connectivity index (χ0n) is 9.77. The number of hydrogen-bond donors (Lipinski definition) is 3. The van der Waals surface area contributed by atoms with Gasteiger partial charge in [0.05, 0.1) is 6.04 Å². The summed E-state index contributed by atoms with van der Waals surface area (Å²) in [5.74, 6) is 0.472. The number of aromatic nitrogens is 3. The summed E-state index contributed by atoms with van der Waals surface area (Å²) in [5, 5.41) is 6.26. The predicted octanol–water partition coefficient (Wildman–Crippen LogP) is 0.0882. The molecule has 0 saturated carbocycles. The molecular formula is C8H17N5O2S. The molecule has 1 aromatic heterocycles. The van der Waals surface area contributed by atoms with Crippen LogP contribution in [0.5, 0.6) is 0 Å². The highest BCUT2D eigenvalue weighted by Crippen LogP contribution is 2.07. The summed E-state index contributed by atoms with van der Waals surface area (Å²) in [5.41, 5.74) is -0.521. The van der Waals surface area contributed by atoms with E-state index in [-0.39, 0.29) is 0 Å². The minimum atomic E-state index is -3.55. The summed E-state index contributed by atoms with van der Waals surface area (Å²) < 4.78 is 28.3. The summed E-state index contributed by atoms with van der Waals surface area (Å²) in [6.45, 7) is 6.99. The largest absolute Gasteiger partial charge is 0.278 e. The maximum absolute atomic E-state index is 11.7. The molecule has 0 aliphatic carbocycles. The van der Waals surface area contributed by atoms with Gasteiger partial charge >= 0.3 is 0 Å². The molecule has 0 amide bonds. The molecule has 0 aromatic carbocycles. The minimum Gasteiger partial charge on any atom is -0.262 e. The van der Waals surface area contributed by atoms with Gasteiger partial charge in [0.25, 0.3) is 10.2 Å². The van der Waals surface area contributed by atoms with Crippen LogP contribution in [0.2, 0.25) is 0 Å². The first-order chi connectivity index (χ1) is 7.20. The Bertz CT molecular complexity index is 420. The van der Waals surface area contributed by atoms with Gasteiger partial charge in [0.2, 0.25) is 0 Å². The zero-order chi connectivity index (χ0) is 12.4. The summed E-state index contributed by atoms with van der Waals surface area (Å²) in [4.78, 5) is 3.88. The fourth-order valence-electron chi connectivity index (χ4n) is 1.14. The molecular weight excluding hydrogens is 230 g/mol. The van der Waals surface area contributed by atoms with Gasteiger partial charge in [0.15, 0.2) is 0 Å². The molecule has 0 bridgehead atoms. The second-order valence-corrected chi connectivity index (χ2v) is 6.01. The first kappa shape index (κ1) is 13.1. The number of nitrogens with zero attached hydrogens (tertiary/aromatic N) is 2. The molecule has 1 atom stereocenters. The van der Waals surface area contributed by atoms with Crippen LogP contribution in [0.3, 0.4) is 0 Å². The summed E-state index contributed by atoms with van der Waals surface area (Å²) in [6, 6.07) is -0.456. The number of nitrogens with one attached hydrogen (secondary N) is 3. The van der Waals surface area contributed by atoms with E-state index in [4.69, 9.17) is 0 Å². The Morgan fingerprint density at radius 1 is 1.44 bits per heavy atom. The lowest BCUT2D eigenvalue weighted by molar-refractivity contribution is 0.476. The predicted molar refractivity (Wildman–Crippen MR) is 59.7 cm³/mol. The van der Waals surface area contributed by atoms with Crippen molar-refractivity contribution >= 4 is 10.2 Å². The van der Waals surface area contributed by atoms with Crippen LogP contribution in [0, 0.1) is 0 Å². The van der Waals surface area contributed by atoms with Crippen LogP contribution in [0.4, 0.5) is 0 Å². The van der Waals surface area contributed by atoms with E-state index in [1.165, 1.54) is 6.33 Å². The average molecular weight is 247 g/mol. The highest BCUT2D eigenvalue weighted by Gasteiger charge is 2.22. The molecule has 0 aliphatic rings. The van der Waals surface area contributed by atoms with E-state index in [2.05, 4.69) is 24.6 Å². The molecule has 0 fully saturated rings. The highest BCUT2D eigenvalue weighted by molar-refractivity contribution is 7.87. The maximum Gasteiger partial charge on any atom is 0.278 e. The maximum atomic E-state index is 11.7. The molecule has 16 heavy (non-hydrogen) atoms. The standard InChI is InChI=1S/C8H17N5O2S/c1-6(7-9-5-10-11-7)12-16(14,15)13-8(2,3)4/h5-6,12-13H,1-4H3,(H,9,10,11). The lowest BCUT2D eigenvalue weighted by atomic mass is 10.1. The Hall–Kier alpha value is -0.990. The lowest BCUT2D eigenvalue weighted by Gasteiger charge is -2.22. The van der Waals surface area contributed by atoms with Crippen LogP contribution < -0.4 is 9.44 Å². The zero-order valence-corrected chi connectivity index (χ0v) is 10.6. The van der Waals surface area contributed by atoms with Crippen molar-refractivity contribution in [3.63, 3.8) is 0 Å². The number of H-pyrrole nitrogens is 1. The number of aromatic amines is 1. The first-order valence-electron chi connectivity index (χ1n) is 4.86. The van der Waals surface area contributed by atoms with Gasteiger partial charge in [0.1, 0.15) is 12.2 Å². The highest BCUT2D eigenvalue weighted by atomic mass is 32.2. The topological polar surface area (TPSA) is 99.8 Å². The second-order valence-electron chi connectivity index (χ2n) is 4.57. The minimum absolute atomic E-state index is 0.456. The van der Waals surface area contributed by atoms with Crippen LogP contribution in [0.1, 0.15) is 39.6 Å². The van der Waals surface area contributed by atoms with E-state index >= 15 is 0 Å². The Balaban J connectivity index is 2.67. The third kappa shape index (κ3) is 4.25. The van der Waals surface area contributed by atoms with Crippen molar-refractivity contribution in [1.82, 2.24) is 24.6 Å². The molecule has 0 spiro atoms. The Morgan fingerprint density at radius 3 is 2.50 bits per heavy atom. The summed E-state index contributed by atoms with van der Waals surface area (Å²) in [6.07, 6.45) is 1.33. The third-order valence-corrected chi connectivity index (χ3v) is 3.16. The SMILES string of the molecule is CC(NS(=O)(=O)NC(C)(C)C)c1ncn[nH]1. The van der Waals surface area contributed by atoms with Gasteiger partial charge in [0, 0.05) is 5.54 Å². The first-order valence-corrected chi connectivity index (χ1v) is 6.34. The van der Waals surface area contributed by atoms with E-state index in [0.717, 1.165) is 0 Å². The van der Waals surface area contributed by atoms with Crippen molar-refractivity contribution in [2.75, 3.05) is 0 Å². The molecule has 1 heterocycles. The van der Waals surface area contributed by atoms with Crippen molar-refractivity contribution in [2.45, 2.75) is 39.3 Å². The molecule has 8 heteroatoms. The van der Waals surface area contributed by atoms with Gasteiger partial charge in [-0.15, -0.1) is 0 Å². The molecule has 0 aliphatic heterocycles. The molecule has 92 valence electrons. The number of hydrogen-bond acceptors (Lipinski definition) is 4. The van der Waals surface area contributed by atoms with Gasteiger partial charge in [-0.3, -0.25) is 5.10 Å². The van der Waals surface area contributed by atoms with E-state index in [0.29, 0.717) is 5.82 Å². The fraction of sp³-hybridized carbons (Fsp3) is 0.750. The van der Waals surface area contributed by atoms with Crippen molar-refractivity contribution in [3.05, 3.63) is 12.2 Å². The van der Waals surface area contributed by atoms with Gasteiger partial charge in [-0.25, -0.2) is 4.98 Å². The third-order valence-electron chi connectivity index (χ3n) is 1.62. The van der Waals surface area contributed by atoms with E-state index < -0.39 is 21.8 Å². The van der Waals surface area contributed by atoms with Crippen molar-refractivity contribution in [2.24, 2.45) is 0 Å². The summed E-state index contributed by atoms with van der Waals surface area (Å²) in [7, 11) is -3.55. The summed E-state index contributed by atoms with van der Waals surface area (Å²) >= 11 is 0. The van der Waals surface area contributed by atoms with Gasteiger partial charge in [-0.2, -0.15) is 23.0 Å². The van der Waals surface area contributed by atoms with E-state index in [1.807, 2.05) is 0 Å². The molecule has 3 N–H and O–H groups in total. The molecule has 1 aromatic rings. The molecule has 7 nitrogen and oxygen atoms in total. The smallest absolute Gasteiger partial charge is 0.262 e. The molecule has 0 saturated heterocycles. The quantitative estimate of drug-likeness (QED) is 0.702. The molecule has 1 unspecified atom stereocenters. The lowest BCUT2D eigenvalue weighted by Crippen LogP contribution is -2.47. The Kier molecular flexibility index (Phi) is 3.66. The van der Waals surface area contributed by atoms with Gasteiger partial charge < -0.3 is 0 Å². The van der Waals surface area contributed by atoms with Gasteiger partial charge in [-0.1, -0.05) is 0 Å². The Morgan fingerprint density at radius 2 is 2.06 bits per heavy atom. The monoisotopic (exact) mass is 247 g/mol. The normalized spacial score (nSPS) is 15.0. The van der Waals surface area contributed by atoms with E-state index in [9.17, 15) is 8.42 Å². The van der Waals surface area contributed by atoms with Crippen molar-refractivity contribution in [1.29, 1.82) is 0 Å². The van der Waals surface area contributed by atoms with E-state index in [1.54, 1.807) is 27.7 Å². The Labute approximate surface area is 95.2 Å². The fourth-order valence-corrected chi connectivity index (χ4v) is 2.59. The van der Waals surface area contributed by atoms with Crippen molar-refractivity contribution < 1.29 is 8.42 Å². The van der Waals surface area contributed by atoms with Crippen LogP contribution in [0.15, 0.2) is 6.33 Å². The number of rotatable bonds is 4. The van der Waals surface area contributed by atoms with Crippen LogP contribution >= 0.6 is 0 Å². The molecule has 0 radical (unpaired) electrons. The van der Waals surface area contributed by atoms with Gasteiger partial charge in [-0.05, 0) is 27.7 Å². The van der Waals surface area contributed by atoms with Crippen LogP contribution in [-0.4, -0.2) is 29.1 Å². The van der Waals surface area contributed by atoms with Crippen molar-refractivity contribution in [3.8, 4) is 0 Å². The van der Waals surface area contributed by atoms with Crippen LogP contribution in [0.25, 0.3) is 0 Å². The molecule has 1 rings (SSSR count). The van der Waals surface area contributed by atoms with Crippen LogP contribution in [-0.2, 0) is 10.2 Å². The second kappa shape index (κ2) is 4.48. The average Bonchev–Trinajstić information content (AvgIpc) is 2.48.